The van der Waals surface area contributed by atoms with E-state index in [9.17, 15) is 10.5 Å². The minimum absolute atomic E-state index is 0. The van der Waals surface area contributed by atoms with Crippen LogP contribution in [-0.4, -0.2) is 14.1 Å². The van der Waals surface area contributed by atoms with Crippen molar-refractivity contribution in [3.8, 4) is 46.6 Å². The number of nitrogens with zero attached hydrogens (tertiary/aromatic N) is 6. The van der Waals surface area contributed by atoms with Crippen molar-refractivity contribution in [2.24, 2.45) is 7.05 Å². The number of benzene rings is 6. The number of para-hydroxylation sites is 2. The van der Waals surface area contributed by atoms with Crippen LogP contribution in [0.5, 0.6) is 23.0 Å². The number of imidazole rings is 1. The molecule has 0 saturated carbocycles. The first-order chi connectivity index (χ1) is 26.6. The molecule has 0 bridgehead atoms. The van der Waals surface area contributed by atoms with Gasteiger partial charge in [-0.15, -0.1) is 35.2 Å². The van der Waals surface area contributed by atoms with E-state index in [0.717, 1.165) is 66.6 Å². The molecular weight excluding hydrogens is 864 g/mol. The molecule has 11 rings (SSSR count). The van der Waals surface area contributed by atoms with Crippen LogP contribution >= 0.6 is 0 Å². The molecule has 55 heavy (non-hydrogen) atoms. The van der Waals surface area contributed by atoms with E-state index in [-0.39, 0.29) is 21.1 Å². The minimum atomic E-state index is -0.976. The third kappa shape index (κ3) is 4.47. The summed E-state index contributed by atoms with van der Waals surface area (Å²) >= 11 is 0. The Morgan fingerprint density at radius 1 is 0.727 bits per heavy atom. The number of aryl methyl sites for hydroxylation is 1. The van der Waals surface area contributed by atoms with Gasteiger partial charge < -0.3 is 23.2 Å². The predicted octanol–water partition coefficient (Wildman–Crippen LogP) is 8.68. The number of hydrogen-bond acceptors (Lipinski definition) is 5. The first-order valence-corrected chi connectivity index (χ1v) is 17.4. The summed E-state index contributed by atoms with van der Waals surface area (Å²) in [5, 5.41) is 22.3. The van der Waals surface area contributed by atoms with Gasteiger partial charge in [0.2, 0.25) is 6.33 Å². The normalized spacial score (nSPS) is 12.9. The zero-order valence-corrected chi connectivity index (χ0v) is 31.2. The molecule has 2 aliphatic rings. The van der Waals surface area contributed by atoms with Gasteiger partial charge in [-0.3, -0.25) is 0 Å². The van der Waals surface area contributed by atoms with Crippen LogP contribution in [-0.2, 0) is 33.5 Å². The maximum absolute atomic E-state index is 10.1. The SMILES string of the molecule is C[n+]1[c-]n2c3c(cccc31)C1(c3ccc(Oc4[c-]c5c(cc4)c4ccccc4n5-c4ccccn4)[c-]c3-2)c2cc(C#N)ccc2Oc2ccc(C#N)cc21.[Pt]. The molecule has 2 aliphatic heterocycles. The topological polar surface area (TPSA) is 92.7 Å². The van der Waals surface area contributed by atoms with Crippen molar-refractivity contribution in [2.45, 2.75) is 5.41 Å². The number of hydrogen-bond donors (Lipinski definition) is 0. The van der Waals surface area contributed by atoms with Gasteiger partial charge in [0.25, 0.3) is 0 Å². The predicted molar refractivity (Wildman–Crippen MR) is 201 cm³/mol. The molecule has 0 saturated heterocycles. The number of nitriles is 2. The monoisotopic (exact) mass is 887 g/mol. The molecule has 0 amide bonds. The fourth-order valence-corrected chi connectivity index (χ4v) is 8.49. The van der Waals surface area contributed by atoms with Crippen molar-refractivity contribution >= 4 is 32.8 Å². The second-order valence-electron chi connectivity index (χ2n) is 13.5. The Kier molecular flexibility index (Phi) is 7.13. The van der Waals surface area contributed by atoms with Crippen LogP contribution in [0.4, 0.5) is 0 Å². The molecule has 1 spiro atoms. The van der Waals surface area contributed by atoms with E-state index < -0.39 is 5.41 Å². The standard InChI is InChI=1S/C46H24N6O2.Pt/c1-50-27-51-41-24-31(53-30-14-16-33-32-7-2-3-9-38(32)52(40(33)23-30)44-11-4-5-20-49-44)15-17-34(41)46(35-8-6-10-39(50)45(35)51)36-21-28(25-47)12-18-42(36)54-43-19-13-29(26-48)22-37(43)46;/h2-22H,1H3;/q-2;. The van der Waals surface area contributed by atoms with Gasteiger partial charge in [-0.05, 0) is 65.5 Å². The fraction of sp³-hybridized carbons (Fsp3) is 0.0435. The molecule has 0 radical (unpaired) electrons. The Bertz CT molecular complexity index is 3110. The third-order valence-corrected chi connectivity index (χ3v) is 10.7. The number of ether oxygens (including phenoxy) is 2. The van der Waals surface area contributed by atoms with Gasteiger partial charge in [-0.1, -0.05) is 53.7 Å². The van der Waals surface area contributed by atoms with E-state index in [2.05, 4.69) is 76.5 Å². The summed E-state index contributed by atoms with van der Waals surface area (Å²) in [5.41, 5.74) is 7.98. The second-order valence-corrected chi connectivity index (χ2v) is 13.5. The zero-order chi connectivity index (χ0) is 36.1. The molecule has 9 heteroatoms. The fourth-order valence-electron chi connectivity index (χ4n) is 8.49. The van der Waals surface area contributed by atoms with Crippen molar-refractivity contribution in [1.29, 1.82) is 10.5 Å². The van der Waals surface area contributed by atoms with Gasteiger partial charge in [0, 0.05) is 60.8 Å². The molecule has 0 fully saturated rings. The summed E-state index contributed by atoms with van der Waals surface area (Å²) in [7, 11) is 1.97. The van der Waals surface area contributed by atoms with E-state index >= 15 is 0 Å². The van der Waals surface area contributed by atoms with E-state index in [4.69, 9.17) is 9.47 Å². The summed E-state index contributed by atoms with van der Waals surface area (Å²) in [5.74, 6) is 3.07. The van der Waals surface area contributed by atoms with Gasteiger partial charge in [-0.2, -0.15) is 22.7 Å². The molecule has 0 aliphatic carbocycles. The van der Waals surface area contributed by atoms with Gasteiger partial charge in [0.1, 0.15) is 17.3 Å². The Balaban J connectivity index is 0.00000372. The number of fused-ring (bicyclic) bond motifs is 11. The molecule has 0 atom stereocenters. The maximum Gasteiger partial charge on any atom is 0.242 e. The van der Waals surface area contributed by atoms with Crippen LogP contribution in [0.15, 0.2) is 128 Å². The molecular formula is C46H24N6O2Pt-2. The Morgan fingerprint density at radius 3 is 2.20 bits per heavy atom. The molecule has 9 aromatic rings. The van der Waals surface area contributed by atoms with Gasteiger partial charge in [0.05, 0.1) is 41.3 Å². The molecule has 262 valence electrons. The van der Waals surface area contributed by atoms with Crippen LogP contribution in [0.25, 0.3) is 44.3 Å². The second kappa shape index (κ2) is 12.0. The Morgan fingerprint density at radius 2 is 1.45 bits per heavy atom. The van der Waals surface area contributed by atoms with Crippen molar-refractivity contribution in [1.82, 2.24) is 14.1 Å². The van der Waals surface area contributed by atoms with Crippen LogP contribution in [0, 0.1) is 41.1 Å². The largest absolute Gasteiger partial charge is 0.510 e. The van der Waals surface area contributed by atoms with Crippen LogP contribution in [0.2, 0.25) is 0 Å². The van der Waals surface area contributed by atoms with Crippen molar-refractivity contribution < 1.29 is 35.1 Å². The van der Waals surface area contributed by atoms with E-state index in [1.807, 2.05) is 89.0 Å². The summed E-state index contributed by atoms with van der Waals surface area (Å²) in [6.07, 6.45) is 5.30. The molecule has 5 heterocycles. The molecule has 8 nitrogen and oxygen atoms in total. The minimum Gasteiger partial charge on any atom is -0.510 e. The van der Waals surface area contributed by atoms with E-state index in [0.29, 0.717) is 34.1 Å². The maximum atomic E-state index is 10.1. The Labute approximate surface area is 329 Å². The number of rotatable bonds is 3. The van der Waals surface area contributed by atoms with Crippen LogP contribution in [0.1, 0.15) is 33.4 Å². The van der Waals surface area contributed by atoms with Crippen LogP contribution in [0.3, 0.4) is 0 Å². The summed E-state index contributed by atoms with van der Waals surface area (Å²) in [4.78, 5) is 4.66. The van der Waals surface area contributed by atoms with Gasteiger partial charge in [0.15, 0.2) is 0 Å². The van der Waals surface area contributed by atoms with Crippen molar-refractivity contribution in [3.05, 3.63) is 179 Å². The number of pyridine rings is 1. The average molecular weight is 888 g/mol. The smallest absolute Gasteiger partial charge is 0.242 e. The third-order valence-electron chi connectivity index (χ3n) is 10.7. The van der Waals surface area contributed by atoms with E-state index in [1.54, 1.807) is 18.3 Å². The first-order valence-electron chi connectivity index (χ1n) is 17.4. The molecule has 0 N–H and O–H groups in total. The van der Waals surface area contributed by atoms with Gasteiger partial charge in [-0.25, -0.2) is 4.98 Å². The summed E-state index contributed by atoms with van der Waals surface area (Å²) in [6, 6.07) is 51.2. The number of aromatic nitrogens is 4. The van der Waals surface area contributed by atoms with Crippen molar-refractivity contribution in [3.63, 3.8) is 0 Å². The quantitative estimate of drug-likeness (QED) is 0.131. The zero-order valence-electron chi connectivity index (χ0n) is 28.9. The molecule has 0 unspecified atom stereocenters. The Hall–Kier alpha value is -6.99. The van der Waals surface area contributed by atoms with Crippen molar-refractivity contribution in [2.75, 3.05) is 0 Å². The van der Waals surface area contributed by atoms with E-state index in [1.165, 1.54) is 0 Å². The molecule has 3 aromatic heterocycles. The summed E-state index contributed by atoms with van der Waals surface area (Å²) < 4.78 is 19.3. The summed E-state index contributed by atoms with van der Waals surface area (Å²) in [6.45, 7) is 0. The van der Waals surface area contributed by atoms with Crippen LogP contribution < -0.4 is 14.0 Å². The van der Waals surface area contributed by atoms with Gasteiger partial charge >= 0.3 is 0 Å². The average Bonchev–Trinajstić information content (AvgIpc) is 3.74. The molecule has 6 aromatic carbocycles. The first kappa shape index (κ1) is 32.6.